The topological polar surface area (TPSA) is 138 Å². The second-order valence-corrected chi connectivity index (χ2v) is 3.66. The fourth-order valence-corrected chi connectivity index (χ4v) is 1.30. The summed E-state index contributed by atoms with van der Waals surface area (Å²) in [6.07, 6.45) is 1.46. The molecule has 1 aromatic carbocycles. The van der Waals surface area contributed by atoms with Crippen LogP contribution in [-0.4, -0.2) is 31.3 Å². The predicted molar refractivity (Wildman–Crippen MR) is 75.7 cm³/mol. The van der Waals surface area contributed by atoms with Gasteiger partial charge in [0, 0.05) is 0 Å². The molecule has 0 saturated heterocycles. The number of nitrogens with zero attached hydrogens (tertiary/aromatic N) is 2. The molecule has 0 bridgehead atoms. The van der Waals surface area contributed by atoms with Crippen LogP contribution in [0.3, 0.4) is 0 Å². The van der Waals surface area contributed by atoms with E-state index in [-0.39, 0.29) is 12.6 Å². The molecule has 108 valence electrons. The lowest BCUT2D eigenvalue weighted by molar-refractivity contribution is -0.119. The Morgan fingerprint density at radius 1 is 1.25 bits per heavy atom. The Morgan fingerprint density at radius 2 is 2.00 bits per heavy atom. The fraction of sp³-hybridized carbons (Fsp3) is 0.250. The molecule has 1 amide bonds. The SMILES string of the molecule is CCOc1cc(/C=N\N=C(N)N)ccc1OCC(N)=O. The number of guanidine groups is 1. The smallest absolute Gasteiger partial charge is 0.255 e. The van der Waals surface area contributed by atoms with Crippen LogP contribution in [0.4, 0.5) is 0 Å². The maximum atomic E-state index is 10.7. The number of nitrogens with two attached hydrogens (primary N) is 3. The fourth-order valence-electron chi connectivity index (χ4n) is 1.30. The van der Waals surface area contributed by atoms with Crippen molar-refractivity contribution in [2.24, 2.45) is 27.4 Å². The van der Waals surface area contributed by atoms with E-state index in [0.29, 0.717) is 23.7 Å². The summed E-state index contributed by atoms with van der Waals surface area (Å²) in [7, 11) is 0. The van der Waals surface area contributed by atoms with Crippen LogP contribution in [0.15, 0.2) is 28.4 Å². The van der Waals surface area contributed by atoms with Crippen LogP contribution in [-0.2, 0) is 4.79 Å². The Labute approximate surface area is 116 Å². The zero-order chi connectivity index (χ0) is 15.0. The van der Waals surface area contributed by atoms with E-state index in [0.717, 1.165) is 0 Å². The van der Waals surface area contributed by atoms with Gasteiger partial charge in [-0.2, -0.15) is 5.10 Å². The quantitative estimate of drug-likeness (QED) is 0.352. The number of hydrogen-bond acceptors (Lipinski definition) is 5. The molecule has 0 fully saturated rings. The largest absolute Gasteiger partial charge is 0.490 e. The molecule has 0 atom stereocenters. The lowest BCUT2D eigenvalue weighted by Gasteiger charge is -2.11. The Balaban J connectivity index is 2.91. The molecule has 1 rings (SSSR count). The molecule has 0 heterocycles. The standard InChI is InChI=1S/C12H17N5O3/c1-2-19-10-5-8(6-16-17-12(14)15)3-4-9(10)20-7-11(13)18/h3-6H,2,7H2,1H3,(H2,13,18)(H4,14,15,17)/b16-6-. The van der Waals surface area contributed by atoms with Gasteiger partial charge in [-0.05, 0) is 30.7 Å². The second kappa shape index (κ2) is 7.62. The lowest BCUT2D eigenvalue weighted by Crippen LogP contribution is -2.21. The average Bonchev–Trinajstić information content (AvgIpc) is 2.37. The summed E-state index contributed by atoms with van der Waals surface area (Å²) in [5, 5.41) is 7.17. The molecule has 8 heteroatoms. The minimum absolute atomic E-state index is 0.132. The first-order valence-corrected chi connectivity index (χ1v) is 5.82. The normalized spacial score (nSPS) is 10.2. The first kappa shape index (κ1) is 15.3. The van der Waals surface area contributed by atoms with E-state index in [1.54, 1.807) is 18.2 Å². The first-order chi connectivity index (χ1) is 9.52. The first-order valence-electron chi connectivity index (χ1n) is 5.82. The van der Waals surface area contributed by atoms with Crippen LogP contribution in [0.1, 0.15) is 12.5 Å². The summed E-state index contributed by atoms with van der Waals surface area (Å²) in [6.45, 7) is 2.06. The van der Waals surface area contributed by atoms with Gasteiger partial charge in [0.2, 0.25) is 5.96 Å². The van der Waals surface area contributed by atoms with Gasteiger partial charge in [0.25, 0.3) is 5.91 Å². The average molecular weight is 279 g/mol. The number of amides is 1. The Morgan fingerprint density at radius 3 is 2.60 bits per heavy atom. The van der Waals surface area contributed by atoms with Crippen molar-refractivity contribution in [2.45, 2.75) is 6.92 Å². The number of rotatable bonds is 7. The maximum absolute atomic E-state index is 10.7. The number of benzene rings is 1. The van der Waals surface area contributed by atoms with E-state index in [1.807, 2.05) is 6.92 Å². The zero-order valence-electron chi connectivity index (χ0n) is 11.1. The van der Waals surface area contributed by atoms with Gasteiger partial charge in [-0.15, -0.1) is 5.10 Å². The van der Waals surface area contributed by atoms with Crippen molar-refractivity contribution >= 4 is 18.1 Å². The molecule has 0 aliphatic heterocycles. The molecule has 0 saturated carbocycles. The van der Waals surface area contributed by atoms with Gasteiger partial charge in [-0.3, -0.25) is 4.79 Å². The highest BCUT2D eigenvalue weighted by Gasteiger charge is 2.07. The van der Waals surface area contributed by atoms with Gasteiger partial charge in [0.1, 0.15) is 0 Å². The third-order valence-electron chi connectivity index (χ3n) is 2.02. The van der Waals surface area contributed by atoms with Crippen LogP contribution in [0.5, 0.6) is 11.5 Å². The molecule has 0 aliphatic carbocycles. The van der Waals surface area contributed by atoms with E-state index in [1.165, 1.54) is 6.21 Å². The van der Waals surface area contributed by atoms with Gasteiger partial charge in [-0.25, -0.2) is 0 Å². The Kier molecular flexibility index (Phi) is 5.82. The van der Waals surface area contributed by atoms with Crippen LogP contribution in [0.2, 0.25) is 0 Å². The molecule has 0 radical (unpaired) electrons. The Bertz CT molecular complexity index is 524. The predicted octanol–water partition coefficient (Wildman–Crippen LogP) is -0.443. The summed E-state index contributed by atoms with van der Waals surface area (Å²) in [5.74, 6) is 0.200. The number of hydrogen-bond donors (Lipinski definition) is 3. The van der Waals surface area contributed by atoms with Crippen molar-refractivity contribution in [3.8, 4) is 11.5 Å². The highest BCUT2D eigenvalue weighted by molar-refractivity contribution is 5.82. The molecule has 20 heavy (non-hydrogen) atoms. The summed E-state index contributed by atoms with van der Waals surface area (Å²) < 4.78 is 10.7. The molecule has 0 aliphatic rings. The van der Waals surface area contributed by atoms with Crippen molar-refractivity contribution in [2.75, 3.05) is 13.2 Å². The summed E-state index contributed by atoms with van der Waals surface area (Å²) >= 11 is 0. The molecular formula is C12H17N5O3. The highest BCUT2D eigenvalue weighted by Crippen LogP contribution is 2.27. The zero-order valence-corrected chi connectivity index (χ0v) is 11.1. The van der Waals surface area contributed by atoms with Crippen LogP contribution >= 0.6 is 0 Å². The molecular weight excluding hydrogens is 262 g/mol. The molecule has 0 spiro atoms. The van der Waals surface area contributed by atoms with E-state index in [9.17, 15) is 4.79 Å². The minimum Gasteiger partial charge on any atom is -0.490 e. The monoisotopic (exact) mass is 279 g/mol. The van der Waals surface area contributed by atoms with Gasteiger partial charge in [-0.1, -0.05) is 0 Å². The Hall–Kier alpha value is -2.77. The molecule has 8 nitrogen and oxygen atoms in total. The second-order valence-electron chi connectivity index (χ2n) is 3.66. The van der Waals surface area contributed by atoms with Crippen molar-refractivity contribution in [1.82, 2.24) is 0 Å². The highest BCUT2D eigenvalue weighted by atomic mass is 16.5. The van der Waals surface area contributed by atoms with Gasteiger partial charge < -0.3 is 26.7 Å². The number of carbonyl (C=O) groups excluding carboxylic acids is 1. The van der Waals surface area contributed by atoms with Gasteiger partial charge in [0.05, 0.1) is 12.8 Å². The van der Waals surface area contributed by atoms with Crippen molar-refractivity contribution in [3.05, 3.63) is 23.8 Å². The molecule has 0 unspecified atom stereocenters. The molecule has 6 N–H and O–H groups in total. The van der Waals surface area contributed by atoms with Crippen LogP contribution in [0.25, 0.3) is 0 Å². The van der Waals surface area contributed by atoms with E-state index >= 15 is 0 Å². The number of primary amides is 1. The van der Waals surface area contributed by atoms with E-state index in [4.69, 9.17) is 26.7 Å². The van der Waals surface area contributed by atoms with Gasteiger partial charge >= 0.3 is 0 Å². The molecule has 1 aromatic rings. The third kappa shape index (κ3) is 5.25. The van der Waals surface area contributed by atoms with Crippen LogP contribution in [0, 0.1) is 0 Å². The number of carbonyl (C=O) groups is 1. The summed E-state index contributed by atoms with van der Waals surface area (Å²) in [6, 6.07) is 5.04. The van der Waals surface area contributed by atoms with Gasteiger partial charge in [0.15, 0.2) is 18.1 Å². The lowest BCUT2D eigenvalue weighted by atomic mass is 10.2. The van der Waals surface area contributed by atoms with E-state index < -0.39 is 5.91 Å². The number of ether oxygens (including phenoxy) is 2. The van der Waals surface area contributed by atoms with Crippen molar-refractivity contribution < 1.29 is 14.3 Å². The van der Waals surface area contributed by atoms with Crippen molar-refractivity contribution in [1.29, 1.82) is 0 Å². The third-order valence-corrected chi connectivity index (χ3v) is 2.02. The van der Waals surface area contributed by atoms with Crippen molar-refractivity contribution in [3.63, 3.8) is 0 Å². The minimum atomic E-state index is -0.564. The summed E-state index contributed by atoms with van der Waals surface area (Å²) in [5.41, 5.74) is 16.0. The summed E-state index contributed by atoms with van der Waals surface area (Å²) in [4.78, 5) is 10.7. The molecule has 0 aromatic heterocycles. The maximum Gasteiger partial charge on any atom is 0.255 e. The van der Waals surface area contributed by atoms with Crippen LogP contribution < -0.4 is 26.7 Å². The van der Waals surface area contributed by atoms with E-state index in [2.05, 4.69) is 10.2 Å².